The minimum Gasteiger partial charge on any atom is -0.467 e. The number of methoxy groups -OCH3 is 1. The summed E-state index contributed by atoms with van der Waals surface area (Å²) in [5.41, 5.74) is 1.94. The van der Waals surface area contributed by atoms with Gasteiger partial charge in [0.05, 0.1) is 12.8 Å². The standard InChI is InChI=1S/C19H22N2O4/c1-24-19(23)16-9-5-6-12-21(16)18(22)17-13-15(20-25-17)11-10-14-7-3-2-4-8-14/h2-4,7-8,13,16H,5-6,9-12H2,1H3. The summed E-state index contributed by atoms with van der Waals surface area (Å²) >= 11 is 0. The zero-order chi connectivity index (χ0) is 17.6. The fourth-order valence-electron chi connectivity index (χ4n) is 3.14. The molecular formula is C19H22N2O4. The fraction of sp³-hybridized carbons (Fsp3) is 0.421. The number of esters is 1. The number of rotatable bonds is 5. The number of carbonyl (C=O) groups is 2. The number of benzene rings is 1. The monoisotopic (exact) mass is 342 g/mol. The van der Waals surface area contributed by atoms with Crippen LogP contribution in [0.3, 0.4) is 0 Å². The molecule has 132 valence electrons. The molecular weight excluding hydrogens is 320 g/mol. The first-order valence-corrected chi connectivity index (χ1v) is 8.57. The maximum Gasteiger partial charge on any atom is 0.328 e. The second kappa shape index (κ2) is 7.96. The second-order valence-electron chi connectivity index (χ2n) is 6.20. The number of nitrogens with zero attached hydrogens (tertiary/aromatic N) is 2. The van der Waals surface area contributed by atoms with E-state index < -0.39 is 6.04 Å². The van der Waals surface area contributed by atoms with Crippen LogP contribution in [0.4, 0.5) is 0 Å². The molecule has 0 N–H and O–H groups in total. The Balaban J connectivity index is 1.66. The van der Waals surface area contributed by atoms with E-state index >= 15 is 0 Å². The van der Waals surface area contributed by atoms with Crippen LogP contribution in [0, 0.1) is 0 Å². The van der Waals surface area contributed by atoms with Crippen LogP contribution in [0.2, 0.25) is 0 Å². The van der Waals surface area contributed by atoms with Gasteiger partial charge in [0.1, 0.15) is 6.04 Å². The van der Waals surface area contributed by atoms with Gasteiger partial charge in [-0.1, -0.05) is 35.5 Å². The summed E-state index contributed by atoms with van der Waals surface area (Å²) in [6.45, 7) is 0.526. The van der Waals surface area contributed by atoms with Crippen molar-refractivity contribution in [1.29, 1.82) is 0 Å². The lowest BCUT2D eigenvalue weighted by Crippen LogP contribution is -2.48. The maximum atomic E-state index is 12.7. The summed E-state index contributed by atoms with van der Waals surface area (Å²) in [6.07, 6.45) is 3.92. The highest BCUT2D eigenvalue weighted by atomic mass is 16.5. The Morgan fingerprint density at radius 3 is 2.80 bits per heavy atom. The molecule has 2 aromatic rings. The van der Waals surface area contributed by atoms with Crippen molar-refractivity contribution in [3.63, 3.8) is 0 Å². The molecule has 6 nitrogen and oxygen atoms in total. The van der Waals surface area contributed by atoms with Gasteiger partial charge >= 0.3 is 5.97 Å². The van der Waals surface area contributed by atoms with Crippen LogP contribution < -0.4 is 0 Å². The summed E-state index contributed by atoms with van der Waals surface area (Å²) in [7, 11) is 1.34. The Hall–Kier alpha value is -2.63. The van der Waals surface area contributed by atoms with Crippen molar-refractivity contribution < 1.29 is 18.8 Å². The molecule has 1 aliphatic heterocycles. The zero-order valence-corrected chi connectivity index (χ0v) is 14.3. The van der Waals surface area contributed by atoms with E-state index in [0.29, 0.717) is 19.4 Å². The van der Waals surface area contributed by atoms with Gasteiger partial charge in [-0.3, -0.25) is 4.79 Å². The van der Waals surface area contributed by atoms with Gasteiger partial charge in [-0.05, 0) is 37.7 Å². The Morgan fingerprint density at radius 1 is 1.24 bits per heavy atom. The molecule has 1 aromatic carbocycles. The summed E-state index contributed by atoms with van der Waals surface area (Å²) in [5.74, 6) is -0.496. The van der Waals surface area contributed by atoms with Crippen LogP contribution in [-0.4, -0.2) is 41.6 Å². The van der Waals surface area contributed by atoms with Crippen molar-refractivity contribution in [2.75, 3.05) is 13.7 Å². The fourth-order valence-corrected chi connectivity index (χ4v) is 3.14. The van der Waals surface area contributed by atoms with Crippen LogP contribution >= 0.6 is 0 Å². The first kappa shape index (κ1) is 17.2. The largest absolute Gasteiger partial charge is 0.467 e. The van der Waals surface area contributed by atoms with E-state index in [-0.39, 0.29) is 17.6 Å². The highest BCUT2D eigenvalue weighted by Gasteiger charge is 2.34. The number of aryl methyl sites for hydroxylation is 2. The van der Waals surface area contributed by atoms with Gasteiger partial charge in [0.2, 0.25) is 5.76 Å². The number of carbonyl (C=O) groups excluding carboxylic acids is 2. The lowest BCUT2D eigenvalue weighted by molar-refractivity contribution is -0.147. The predicted molar refractivity (Wildman–Crippen MR) is 91.0 cm³/mol. The number of likely N-dealkylation sites (tertiary alicyclic amines) is 1. The van der Waals surface area contributed by atoms with Gasteiger partial charge in [-0.2, -0.15) is 0 Å². The summed E-state index contributed by atoms with van der Waals surface area (Å²) in [6, 6.07) is 11.2. The molecule has 25 heavy (non-hydrogen) atoms. The van der Waals surface area contributed by atoms with Gasteiger partial charge in [0.15, 0.2) is 0 Å². The van der Waals surface area contributed by atoms with Gasteiger partial charge in [0.25, 0.3) is 5.91 Å². The molecule has 0 spiro atoms. The Morgan fingerprint density at radius 2 is 2.04 bits per heavy atom. The molecule has 2 heterocycles. The quantitative estimate of drug-likeness (QED) is 0.781. The number of piperidine rings is 1. The topological polar surface area (TPSA) is 72.6 Å². The molecule has 1 amide bonds. The third-order valence-electron chi connectivity index (χ3n) is 4.52. The van der Waals surface area contributed by atoms with Crippen LogP contribution in [0.1, 0.15) is 41.1 Å². The van der Waals surface area contributed by atoms with Gasteiger partial charge in [-0.15, -0.1) is 0 Å². The molecule has 1 saturated heterocycles. The van der Waals surface area contributed by atoms with Crippen molar-refractivity contribution in [3.05, 3.63) is 53.4 Å². The molecule has 3 rings (SSSR count). The van der Waals surface area contributed by atoms with Crippen molar-refractivity contribution in [2.24, 2.45) is 0 Å². The average molecular weight is 342 g/mol. The third-order valence-corrected chi connectivity index (χ3v) is 4.52. The van der Waals surface area contributed by atoms with Crippen LogP contribution in [-0.2, 0) is 22.4 Å². The molecule has 0 bridgehead atoms. The molecule has 1 aliphatic rings. The molecule has 0 radical (unpaired) electrons. The van der Waals surface area contributed by atoms with Gasteiger partial charge in [0, 0.05) is 12.6 Å². The summed E-state index contributed by atoms with van der Waals surface area (Å²) < 4.78 is 10.1. The van der Waals surface area contributed by atoms with E-state index in [9.17, 15) is 9.59 Å². The molecule has 0 aliphatic carbocycles. The smallest absolute Gasteiger partial charge is 0.328 e. The lowest BCUT2D eigenvalue weighted by atomic mass is 10.0. The molecule has 1 atom stereocenters. The number of hydrogen-bond donors (Lipinski definition) is 0. The highest BCUT2D eigenvalue weighted by molar-refractivity contribution is 5.94. The van der Waals surface area contributed by atoms with Crippen molar-refractivity contribution in [2.45, 2.75) is 38.1 Å². The summed E-state index contributed by atoms with van der Waals surface area (Å²) in [4.78, 5) is 26.2. The van der Waals surface area contributed by atoms with E-state index in [1.807, 2.05) is 18.2 Å². The summed E-state index contributed by atoms with van der Waals surface area (Å²) in [5, 5.41) is 4.00. The SMILES string of the molecule is COC(=O)C1CCCCN1C(=O)c1cc(CCc2ccccc2)no1. The number of ether oxygens (including phenoxy) is 1. The van der Waals surface area contributed by atoms with Gasteiger partial charge < -0.3 is 14.2 Å². The normalized spacial score (nSPS) is 17.3. The van der Waals surface area contributed by atoms with Crippen LogP contribution in [0.5, 0.6) is 0 Å². The first-order chi connectivity index (χ1) is 12.2. The lowest BCUT2D eigenvalue weighted by Gasteiger charge is -2.32. The Bertz CT molecular complexity index is 726. The van der Waals surface area contributed by atoms with Gasteiger partial charge in [-0.25, -0.2) is 4.79 Å². The first-order valence-electron chi connectivity index (χ1n) is 8.57. The van der Waals surface area contributed by atoms with Crippen LogP contribution in [0.25, 0.3) is 0 Å². The third kappa shape index (κ3) is 4.07. The number of aromatic nitrogens is 1. The van der Waals surface area contributed by atoms with E-state index in [0.717, 1.165) is 25.0 Å². The Kier molecular flexibility index (Phi) is 5.48. The van der Waals surface area contributed by atoms with Crippen molar-refractivity contribution >= 4 is 11.9 Å². The molecule has 1 unspecified atom stereocenters. The number of hydrogen-bond acceptors (Lipinski definition) is 5. The van der Waals surface area contributed by atoms with E-state index in [1.165, 1.54) is 17.6 Å². The minimum absolute atomic E-state index is 0.180. The number of amides is 1. The molecule has 6 heteroatoms. The highest BCUT2D eigenvalue weighted by Crippen LogP contribution is 2.21. The Labute approximate surface area is 146 Å². The van der Waals surface area contributed by atoms with E-state index in [1.54, 1.807) is 6.07 Å². The van der Waals surface area contributed by atoms with Crippen LogP contribution in [0.15, 0.2) is 40.9 Å². The molecule has 0 saturated carbocycles. The maximum absolute atomic E-state index is 12.7. The van der Waals surface area contributed by atoms with E-state index in [4.69, 9.17) is 9.26 Å². The van der Waals surface area contributed by atoms with E-state index in [2.05, 4.69) is 17.3 Å². The molecule has 1 aromatic heterocycles. The zero-order valence-electron chi connectivity index (χ0n) is 14.3. The average Bonchev–Trinajstić information content (AvgIpc) is 3.15. The van der Waals surface area contributed by atoms with Crippen molar-refractivity contribution in [3.8, 4) is 0 Å². The molecule has 1 fully saturated rings. The second-order valence-corrected chi connectivity index (χ2v) is 6.20. The van der Waals surface area contributed by atoms with Crippen molar-refractivity contribution in [1.82, 2.24) is 10.1 Å². The predicted octanol–water partition coefficient (Wildman–Crippen LogP) is 2.63. The minimum atomic E-state index is -0.538.